The fourth-order valence-corrected chi connectivity index (χ4v) is 2.18. The second kappa shape index (κ2) is 6.11. The summed E-state index contributed by atoms with van der Waals surface area (Å²) in [5, 5.41) is 20.9. The number of halogens is 1. The number of benzene rings is 2. The van der Waals surface area contributed by atoms with Crippen molar-refractivity contribution < 1.29 is 5.11 Å². The number of nitrogens with one attached hydrogen (secondary N) is 1. The lowest BCUT2D eigenvalue weighted by atomic mass is 10.2. The van der Waals surface area contributed by atoms with Gasteiger partial charge in [0.05, 0.1) is 23.2 Å². The Hall–Kier alpha value is -2.11. The largest absolute Gasteiger partial charge is 0.390 e. The maximum Gasteiger partial charge on any atom is 0.113 e. The Bertz CT molecular complexity index is 726. The van der Waals surface area contributed by atoms with Gasteiger partial charge in [-0.05, 0) is 36.4 Å². The number of rotatable bonds is 5. The van der Waals surface area contributed by atoms with E-state index in [9.17, 15) is 5.11 Å². The molecule has 0 aliphatic heterocycles. The molecule has 108 valence electrons. The van der Waals surface area contributed by atoms with Crippen molar-refractivity contribution in [3.8, 4) is 5.69 Å². The number of para-hydroxylation sites is 1. The van der Waals surface area contributed by atoms with Crippen LogP contribution >= 0.6 is 11.6 Å². The van der Waals surface area contributed by atoms with E-state index in [-0.39, 0.29) is 5.88 Å². The van der Waals surface area contributed by atoms with Crippen LogP contribution in [0.3, 0.4) is 0 Å². The molecule has 3 aromatic rings. The Morgan fingerprint density at radius 2 is 1.90 bits per heavy atom. The minimum absolute atomic E-state index is 0.218. The molecule has 1 atom stereocenters. The van der Waals surface area contributed by atoms with Crippen molar-refractivity contribution in [2.45, 2.75) is 6.10 Å². The summed E-state index contributed by atoms with van der Waals surface area (Å²) in [6, 6.07) is 15.6. The second-order valence-electron chi connectivity index (χ2n) is 4.73. The quantitative estimate of drug-likeness (QED) is 0.711. The highest BCUT2D eigenvalue weighted by molar-refractivity contribution is 6.18. The zero-order valence-corrected chi connectivity index (χ0v) is 12.0. The van der Waals surface area contributed by atoms with Gasteiger partial charge in [0.25, 0.3) is 0 Å². The Kier molecular flexibility index (Phi) is 4.03. The molecule has 2 N–H and O–H groups in total. The van der Waals surface area contributed by atoms with E-state index in [0.717, 1.165) is 22.4 Å². The minimum atomic E-state index is -0.550. The van der Waals surface area contributed by atoms with Crippen molar-refractivity contribution in [3.63, 3.8) is 0 Å². The molecule has 0 aliphatic rings. The first-order valence-corrected chi connectivity index (χ1v) is 7.20. The number of aromatic nitrogens is 3. The van der Waals surface area contributed by atoms with Crippen LogP contribution in [-0.2, 0) is 0 Å². The molecule has 0 aliphatic carbocycles. The van der Waals surface area contributed by atoms with Gasteiger partial charge < -0.3 is 10.4 Å². The molecule has 0 amide bonds. The molecule has 3 rings (SSSR count). The van der Waals surface area contributed by atoms with Gasteiger partial charge in [-0.25, -0.2) is 4.68 Å². The molecular weight excluding hydrogens is 288 g/mol. The Labute approximate surface area is 127 Å². The van der Waals surface area contributed by atoms with Crippen molar-refractivity contribution in [3.05, 3.63) is 48.5 Å². The first kappa shape index (κ1) is 13.9. The van der Waals surface area contributed by atoms with Gasteiger partial charge in [-0.1, -0.05) is 17.3 Å². The van der Waals surface area contributed by atoms with Gasteiger partial charge in [0, 0.05) is 12.2 Å². The number of alkyl halides is 1. The summed E-state index contributed by atoms with van der Waals surface area (Å²) in [6.45, 7) is 0.426. The van der Waals surface area contributed by atoms with Crippen LogP contribution in [0, 0.1) is 0 Å². The molecule has 6 heteroatoms. The summed E-state index contributed by atoms with van der Waals surface area (Å²) in [4.78, 5) is 0. The maximum absolute atomic E-state index is 9.43. The summed E-state index contributed by atoms with van der Waals surface area (Å²) >= 11 is 5.56. The molecule has 2 aromatic carbocycles. The zero-order valence-electron chi connectivity index (χ0n) is 11.3. The SMILES string of the molecule is OC(CCl)CNc1ccc(-n2nnc3ccccc32)cc1. The average molecular weight is 303 g/mol. The molecule has 0 radical (unpaired) electrons. The Morgan fingerprint density at radius 1 is 1.14 bits per heavy atom. The summed E-state index contributed by atoms with van der Waals surface area (Å²) in [7, 11) is 0. The van der Waals surface area contributed by atoms with E-state index in [1.54, 1.807) is 4.68 Å². The first-order chi connectivity index (χ1) is 10.3. The number of hydrogen-bond acceptors (Lipinski definition) is 4. The zero-order chi connectivity index (χ0) is 14.7. The lowest BCUT2D eigenvalue weighted by Gasteiger charge is -2.10. The molecule has 0 saturated carbocycles. The summed E-state index contributed by atoms with van der Waals surface area (Å²) in [5.74, 6) is 0.218. The van der Waals surface area contributed by atoms with Crippen molar-refractivity contribution >= 4 is 28.3 Å². The highest BCUT2D eigenvalue weighted by Crippen LogP contribution is 2.17. The van der Waals surface area contributed by atoms with Crippen LogP contribution in [0.2, 0.25) is 0 Å². The molecule has 1 aromatic heterocycles. The fraction of sp³-hybridized carbons (Fsp3) is 0.200. The molecule has 1 unspecified atom stereocenters. The van der Waals surface area contributed by atoms with Gasteiger partial charge in [-0.2, -0.15) is 0 Å². The molecule has 0 bridgehead atoms. The third kappa shape index (κ3) is 2.99. The van der Waals surface area contributed by atoms with E-state index in [0.29, 0.717) is 6.54 Å². The molecule has 0 fully saturated rings. The van der Waals surface area contributed by atoms with E-state index in [4.69, 9.17) is 11.6 Å². The van der Waals surface area contributed by atoms with Crippen LogP contribution in [0.4, 0.5) is 5.69 Å². The monoisotopic (exact) mass is 302 g/mol. The van der Waals surface area contributed by atoms with Gasteiger partial charge >= 0.3 is 0 Å². The van der Waals surface area contributed by atoms with Gasteiger partial charge in [-0.3, -0.25) is 0 Å². The molecule has 1 heterocycles. The number of fused-ring (bicyclic) bond motifs is 1. The number of aliphatic hydroxyl groups is 1. The molecule has 0 saturated heterocycles. The maximum atomic E-state index is 9.43. The smallest absolute Gasteiger partial charge is 0.113 e. The highest BCUT2D eigenvalue weighted by atomic mass is 35.5. The molecule has 21 heavy (non-hydrogen) atoms. The van der Waals surface area contributed by atoms with Crippen LogP contribution in [-0.4, -0.2) is 38.6 Å². The van der Waals surface area contributed by atoms with Crippen LogP contribution in [0.1, 0.15) is 0 Å². The molecule has 0 spiro atoms. The van der Waals surface area contributed by atoms with E-state index in [2.05, 4.69) is 15.6 Å². The number of aliphatic hydroxyl groups excluding tert-OH is 1. The molecular formula is C15H15ClN4O. The van der Waals surface area contributed by atoms with Crippen LogP contribution in [0.5, 0.6) is 0 Å². The summed E-state index contributed by atoms with van der Waals surface area (Å²) in [6.07, 6.45) is -0.550. The van der Waals surface area contributed by atoms with E-state index in [1.165, 1.54) is 0 Å². The third-order valence-electron chi connectivity index (χ3n) is 3.18. The topological polar surface area (TPSA) is 63.0 Å². The van der Waals surface area contributed by atoms with E-state index in [1.807, 2.05) is 48.5 Å². The Morgan fingerprint density at radius 3 is 2.67 bits per heavy atom. The lowest BCUT2D eigenvalue weighted by molar-refractivity contribution is 0.211. The minimum Gasteiger partial charge on any atom is -0.390 e. The average Bonchev–Trinajstić information content (AvgIpc) is 2.97. The van der Waals surface area contributed by atoms with Crippen LogP contribution in [0.25, 0.3) is 16.7 Å². The van der Waals surface area contributed by atoms with Gasteiger partial charge in [0.15, 0.2) is 0 Å². The van der Waals surface area contributed by atoms with Crippen molar-refractivity contribution in [2.75, 3.05) is 17.7 Å². The predicted octanol–water partition coefficient (Wildman–Crippen LogP) is 2.43. The van der Waals surface area contributed by atoms with Gasteiger partial charge in [-0.15, -0.1) is 16.7 Å². The standard InChI is InChI=1S/C15H15ClN4O/c16-9-13(21)10-17-11-5-7-12(8-6-11)20-15-4-2-1-3-14(15)18-19-20/h1-8,13,17,21H,9-10H2. The van der Waals surface area contributed by atoms with Gasteiger partial charge in [0.2, 0.25) is 0 Å². The number of hydrogen-bond donors (Lipinski definition) is 2. The van der Waals surface area contributed by atoms with E-state index < -0.39 is 6.10 Å². The predicted molar refractivity (Wildman–Crippen MR) is 84.1 cm³/mol. The number of anilines is 1. The van der Waals surface area contributed by atoms with Crippen molar-refractivity contribution in [2.24, 2.45) is 0 Å². The van der Waals surface area contributed by atoms with E-state index >= 15 is 0 Å². The fourth-order valence-electron chi connectivity index (χ4n) is 2.07. The van der Waals surface area contributed by atoms with Crippen LogP contribution in [0.15, 0.2) is 48.5 Å². The lowest BCUT2D eigenvalue weighted by Crippen LogP contribution is -2.20. The number of nitrogens with zero attached hydrogens (tertiary/aromatic N) is 3. The third-order valence-corrected chi connectivity index (χ3v) is 3.54. The first-order valence-electron chi connectivity index (χ1n) is 6.67. The Balaban J connectivity index is 1.81. The van der Waals surface area contributed by atoms with Gasteiger partial charge in [0.1, 0.15) is 5.52 Å². The highest BCUT2D eigenvalue weighted by Gasteiger charge is 2.06. The second-order valence-corrected chi connectivity index (χ2v) is 5.03. The summed E-state index contributed by atoms with van der Waals surface area (Å²) in [5.41, 5.74) is 3.69. The van der Waals surface area contributed by atoms with Crippen molar-refractivity contribution in [1.82, 2.24) is 15.0 Å². The van der Waals surface area contributed by atoms with Crippen molar-refractivity contribution in [1.29, 1.82) is 0 Å². The summed E-state index contributed by atoms with van der Waals surface area (Å²) < 4.78 is 1.80. The normalized spacial score (nSPS) is 12.5. The van der Waals surface area contributed by atoms with Crippen LogP contribution < -0.4 is 5.32 Å². The molecule has 5 nitrogen and oxygen atoms in total.